The zero-order valence-corrected chi connectivity index (χ0v) is 10.0. The van der Waals surface area contributed by atoms with E-state index in [4.69, 9.17) is 4.74 Å². The van der Waals surface area contributed by atoms with Crippen molar-refractivity contribution in [2.45, 2.75) is 50.6 Å². The number of nitrogens with one attached hydrogen (secondary N) is 1. The van der Waals surface area contributed by atoms with Gasteiger partial charge in [-0.15, -0.1) is 12.4 Å². The van der Waals surface area contributed by atoms with Gasteiger partial charge in [-0.3, -0.25) is 4.79 Å². The Morgan fingerprint density at radius 2 is 1.93 bits per heavy atom. The highest BCUT2D eigenvalue weighted by molar-refractivity contribution is 5.85. The Morgan fingerprint density at radius 3 is 2.67 bits per heavy atom. The van der Waals surface area contributed by atoms with Crippen LogP contribution in [-0.2, 0) is 9.53 Å². The molecule has 1 saturated heterocycles. The number of piperidine rings is 1. The summed E-state index contributed by atoms with van der Waals surface area (Å²) in [7, 11) is 1.47. The van der Waals surface area contributed by atoms with Crippen LogP contribution in [0, 0.1) is 5.92 Å². The zero-order valence-electron chi connectivity index (χ0n) is 9.20. The van der Waals surface area contributed by atoms with Crippen molar-refractivity contribution in [2.75, 3.05) is 7.11 Å². The first-order chi connectivity index (χ1) is 6.81. The molecule has 0 radical (unpaired) electrons. The Labute approximate surface area is 97.4 Å². The van der Waals surface area contributed by atoms with Crippen molar-refractivity contribution in [2.24, 2.45) is 5.92 Å². The summed E-state index contributed by atoms with van der Waals surface area (Å²) < 4.78 is 4.77. The number of hydrogen-bond acceptors (Lipinski definition) is 3. The van der Waals surface area contributed by atoms with E-state index in [-0.39, 0.29) is 24.4 Å². The van der Waals surface area contributed by atoms with Crippen LogP contribution in [0.2, 0.25) is 0 Å². The van der Waals surface area contributed by atoms with Gasteiger partial charge < -0.3 is 10.1 Å². The van der Waals surface area contributed by atoms with Gasteiger partial charge >= 0.3 is 5.97 Å². The predicted molar refractivity (Wildman–Crippen MR) is 61.2 cm³/mol. The average molecular weight is 234 g/mol. The van der Waals surface area contributed by atoms with Gasteiger partial charge in [0, 0.05) is 6.04 Å². The van der Waals surface area contributed by atoms with E-state index in [0.717, 1.165) is 12.3 Å². The summed E-state index contributed by atoms with van der Waals surface area (Å²) in [5, 5.41) is 3.43. The molecule has 1 saturated carbocycles. The first-order valence-corrected chi connectivity index (χ1v) is 5.65. The van der Waals surface area contributed by atoms with Gasteiger partial charge in [-0.2, -0.15) is 0 Å². The first kappa shape index (κ1) is 12.8. The molecule has 1 aliphatic carbocycles. The third-order valence-electron chi connectivity index (χ3n) is 3.64. The Bertz CT molecular complexity index is 223. The Kier molecular flexibility index (Phi) is 4.87. The van der Waals surface area contributed by atoms with Gasteiger partial charge in [0.05, 0.1) is 7.11 Å². The molecular formula is C11H20ClNO2. The molecule has 88 valence electrons. The minimum atomic E-state index is -0.0889. The predicted octanol–water partition coefficient (Wildman–Crippen LogP) is 1.89. The molecule has 3 unspecified atom stereocenters. The molecule has 0 spiro atoms. The van der Waals surface area contributed by atoms with Gasteiger partial charge in [0.1, 0.15) is 6.04 Å². The second kappa shape index (κ2) is 5.71. The van der Waals surface area contributed by atoms with Crippen LogP contribution in [0.3, 0.4) is 0 Å². The Balaban J connectivity index is 0.00000112. The van der Waals surface area contributed by atoms with Gasteiger partial charge in [-0.25, -0.2) is 0 Å². The third kappa shape index (κ3) is 2.85. The second-order valence-corrected chi connectivity index (χ2v) is 4.47. The summed E-state index contributed by atoms with van der Waals surface area (Å²) in [6, 6.07) is 0.529. The molecule has 4 heteroatoms. The fourth-order valence-electron chi connectivity index (χ4n) is 2.82. The number of methoxy groups -OCH3 is 1. The normalized spacial score (nSPS) is 34.9. The van der Waals surface area contributed by atoms with Crippen LogP contribution in [0.5, 0.6) is 0 Å². The average Bonchev–Trinajstić information content (AvgIpc) is 2.27. The van der Waals surface area contributed by atoms with Gasteiger partial charge in [0.2, 0.25) is 0 Å². The van der Waals surface area contributed by atoms with Crippen molar-refractivity contribution in [1.82, 2.24) is 5.32 Å². The smallest absolute Gasteiger partial charge is 0.322 e. The Morgan fingerprint density at radius 1 is 1.20 bits per heavy atom. The molecule has 0 aromatic heterocycles. The molecule has 3 nitrogen and oxygen atoms in total. The quantitative estimate of drug-likeness (QED) is 0.703. The number of halogens is 1. The third-order valence-corrected chi connectivity index (χ3v) is 3.64. The van der Waals surface area contributed by atoms with E-state index in [2.05, 4.69) is 5.32 Å². The fraction of sp³-hybridized carbons (Fsp3) is 0.909. The maximum Gasteiger partial charge on any atom is 0.322 e. The van der Waals surface area contributed by atoms with E-state index < -0.39 is 0 Å². The van der Waals surface area contributed by atoms with Crippen molar-refractivity contribution in [3.05, 3.63) is 0 Å². The van der Waals surface area contributed by atoms with Crippen molar-refractivity contribution in [1.29, 1.82) is 0 Å². The molecule has 0 aromatic rings. The molecule has 2 rings (SSSR count). The van der Waals surface area contributed by atoms with Crippen LogP contribution in [0.15, 0.2) is 0 Å². The van der Waals surface area contributed by atoms with Gasteiger partial charge in [-0.1, -0.05) is 12.8 Å². The van der Waals surface area contributed by atoms with Gasteiger partial charge in [0.25, 0.3) is 0 Å². The fourth-order valence-corrected chi connectivity index (χ4v) is 2.82. The van der Waals surface area contributed by atoms with Gasteiger partial charge in [-0.05, 0) is 31.6 Å². The summed E-state index contributed by atoms with van der Waals surface area (Å²) >= 11 is 0. The number of fused-ring (bicyclic) bond motifs is 1. The lowest BCUT2D eigenvalue weighted by Crippen LogP contribution is -2.52. The summed E-state index contributed by atoms with van der Waals surface area (Å²) in [4.78, 5) is 11.4. The van der Waals surface area contributed by atoms with Crippen LogP contribution in [0.25, 0.3) is 0 Å². The molecule has 1 heterocycles. The number of ether oxygens (including phenoxy) is 1. The van der Waals surface area contributed by atoms with Crippen molar-refractivity contribution in [3.63, 3.8) is 0 Å². The van der Waals surface area contributed by atoms with Crippen molar-refractivity contribution in [3.8, 4) is 0 Å². The lowest BCUT2D eigenvalue weighted by Gasteiger charge is -2.39. The summed E-state index contributed by atoms with van der Waals surface area (Å²) in [5.41, 5.74) is 0. The molecular weight excluding hydrogens is 214 g/mol. The van der Waals surface area contributed by atoms with Crippen LogP contribution in [0.1, 0.15) is 38.5 Å². The number of carbonyl (C=O) groups is 1. The van der Waals surface area contributed by atoms with Crippen molar-refractivity contribution < 1.29 is 9.53 Å². The maximum absolute atomic E-state index is 11.4. The lowest BCUT2D eigenvalue weighted by molar-refractivity contribution is -0.144. The number of carbonyl (C=O) groups excluding carboxylic acids is 1. The standard InChI is InChI=1S/C11H19NO2.ClH/c1-14-11(13)10-7-6-8-4-2-3-5-9(8)12-10;/h8-10,12H,2-7H2,1H3;1H. The maximum atomic E-state index is 11.4. The summed E-state index contributed by atoms with van der Waals surface area (Å²) in [6.45, 7) is 0. The largest absolute Gasteiger partial charge is 0.468 e. The highest BCUT2D eigenvalue weighted by atomic mass is 35.5. The van der Waals surface area contributed by atoms with Gasteiger partial charge in [0.15, 0.2) is 0 Å². The molecule has 15 heavy (non-hydrogen) atoms. The highest BCUT2D eigenvalue weighted by Gasteiger charge is 2.34. The molecule has 1 aliphatic heterocycles. The zero-order chi connectivity index (χ0) is 9.97. The Hall–Kier alpha value is -0.280. The van der Waals surface area contributed by atoms with E-state index >= 15 is 0 Å². The van der Waals surface area contributed by atoms with E-state index in [1.807, 2.05) is 0 Å². The summed E-state index contributed by atoms with van der Waals surface area (Å²) in [5.74, 6) is 0.721. The molecule has 0 aromatic carbocycles. The number of rotatable bonds is 1. The molecule has 0 bridgehead atoms. The van der Waals surface area contributed by atoms with E-state index in [0.29, 0.717) is 6.04 Å². The molecule has 1 N–H and O–H groups in total. The number of esters is 1. The number of hydrogen-bond donors (Lipinski definition) is 1. The van der Waals surface area contributed by atoms with E-state index in [1.165, 1.54) is 39.2 Å². The van der Waals surface area contributed by atoms with Crippen molar-refractivity contribution >= 4 is 18.4 Å². The molecule has 0 amide bonds. The van der Waals surface area contributed by atoms with E-state index in [9.17, 15) is 4.79 Å². The highest BCUT2D eigenvalue weighted by Crippen LogP contribution is 2.32. The minimum Gasteiger partial charge on any atom is -0.468 e. The molecule has 2 aliphatic rings. The monoisotopic (exact) mass is 233 g/mol. The van der Waals surface area contributed by atoms with Crippen LogP contribution < -0.4 is 5.32 Å². The SMILES string of the molecule is COC(=O)C1CCC2CCCCC2N1.Cl. The van der Waals surface area contributed by atoms with Crippen LogP contribution in [0.4, 0.5) is 0 Å². The van der Waals surface area contributed by atoms with E-state index in [1.54, 1.807) is 0 Å². The van der Waals surface area contributed by atoms with Crippen LogP contribution >= 0.6 is 12.4 Å². The lowest BCUT2D eigenvalue weighted by atomic mass is 9.78. The second-order valence-electron chi connectivity index (χ2n) is 4.47. The first-order valence-electron chi connectivity index (χ1n) is 5.65. The minimum absolute atomic E-state index is 0. The van der Waals surface area contributed by atoms with Crippen LogP contribution in [-0.4, -0.2) is 25.2 Å². The molecule has 3 atom stereocenters. The topological polar surface area (TPSA) is 38.3 Å². The molecule has 2 fully saturated rings. The summed E-state index contributed by atoms with van der Waals surface area (Å²) in [6.07, 6.45) is 7.39.